The van der Waals surface area contributed by atoms with Crippen molar-refractivity contribution in [2.45, 2.75) is 19.8 Å². The number of morpholine rings is 1. The number of ether oxygens (including phenoxy) is 1. The summed E-state index contributed by atoms with van der Waals surface area (Å²) in [5.41, 5.74) is 0. The second-order valence-electron chi connectivity index (χ2n) is 3.81. The zero-order valence-corrected chi connectivity index (χ0v) is 9.45. The van der Waals surface area contributed by atoms with Gasteiger partial charge in [-0.15, -0.1) is 0 Å². The van der Waals surface area contributed by atoms with Gasteiger partial charge in [0, 0.05) is 19.5 Å². The topological polar surface area (TPSA) is 38.2 Å². The van der Waals surface area contributed by atoms with Gasteiger partial charge in [-0.1, -0.05) is 6.92 Å². The minimum absolute atomic E-state index is 0.346. The molecule has 1 saturated heterocycles. The van der Waals surface area contributed by atoms with E-state index in [0.717, 1.165) is 12.8 Å². The summed E-state index contributed by atoms with van der Waals surface area (Å²) in [5.74, 6) is 0.786. The SMILES string of the molecule is CCCc1ncc(F)c(N2CCOCC2)n1. The van der Waals surface area contributed by atoms with Gasteiger partial charge in [0.15, 0.2) is 11.6 Å². The largest absolute Gasteiger partial charge is 0.378 e. The van der Waals surface area contributed by atoms with Crippen molar-refractivity contribution in [1.82, 2.24) is 9.97 Å². The fourth-order valence-corrected chi connectivity index (χ4v) is 1.73. The van der Waals surface area contributed by atoms with Crippen LogP contribution in [-0.2, 0) is 11.2 Å². The van der Waals surface area contributed by atoms with Crippen LogP contribution in [0, 0.1) is 5.82 Å². The average Bonchev–Trinajstić information content (AvgIpc) is 2.33. The monoisotopic (exact) mass is 225 g/mol. The summed E-state index contributed by atoms with van der Waals surface area (Å²) in [4.78, 5) is 10.2. The van der Waals surface area contributed by atoms with Gasteiger partial charge in [0.2, 0.25) is 0 Å². The lowest BCUT2D eigenvalue weighted by Gasteiger charge is -2.28. The molecule has 0 aromatic carbocycles. The number of hydrogen-bond donors (Lipinski definition) is 0. The summed E-state index contributed by atoms with van der Waals surface area (Å²) in [6.45, 7) is 4.71. The van der Waals surface area contributed by atoms with E-state index in [4.69, 9.17) is 4.74 Å². The van der Waals surface area contributed by atoms with E-state index in [1.54, 1.807) is 0 Å². The van der Waals surface area contributed by atoms with E-state index in [0.29, 0.717) is 37.9 Å². The Balaban J connectivity index is 2.19. The lowest BCUT2D eigenvalue weighted by Crippen LogP contribution is -2.37. The molecule has 0 saturated carbocycles. The van der Waals surface area contributed by atoms with Gasteiger partial charge in [0.25, 0.3) is 0 Å². The van der Waals surface area contributed by atoms with Crippen molar-refractivity contribution in [1.29, 1.82) is 0 Å². The van der Waals surface area contributed by atoms with E-state index in [2.05, 4.69) is 16.9 Å². The van der Waals surface area contributed by atoms with Gasteiger partial charge in [-0.25, -0.2) is 14.4 Å². The average molecular weight is 225 g/mol. The van der Waals surface area contributed by atoms with Gasteiger partial charge in [0.1, 0.15) is 5.82 Å². The first kappa shape index (κ1) is 11.3. The van der Waals surface area contributed by atoms with Crippen LogP contribution >= 0.6 is 0 Å². The van der Waals surface area contributed by atoms with Crippen molar-refractivity contribution < 1.29 is 9.13 Å². The molecule has 1 aliphatic rings. The Morgan fingerprint density at radius 2 is 2.19 bits per heavy atom. The zero-order chi connectivity index (χ0) is 11.4. The Morgan fingerprint density at radius 3 is 2.88 bits per heavy atom. The number of aromatic nitrogens is 2. The van der Waals surface area contributed by atoms with E-state index in [1.807, 2.05) is 4.90 Å². The fraction of sp³-hybridized carbons (Fsp3) is 0.636. The molecule has 2 heterocycles. The summed E-state index contributed by atoms with van der Waals surface area (Å²) in [6.07, 6.45) is 3.02. The minimum atomic E-state index is -0.346. The first-order valence-electron chi connectivity index (χ1n) is 5.65. The van der Waals surface area contributed by atoms with Crippen LogP contribution < -0.4 is 4.90 Å². The summed E-state index contributed by atoms with van der Waals surface area (Å²) in [5, 5.41) is 0. The molecule has 4 nitrogen and oxygen atoms in total. The van der Waals surface area contributed by atoms with Crippen molar-refractivity contribution in [3.8, 4) is 0 Å². The fourth-order valence-electron chi connectivity index (χ4n) is 1.73. The van der Waals surface area contributed by atoms with Crippen LogP contribution in [0.1, 0.15) is 19.2 Å². The molecule has 0 amide bonds. The summed E-state index contributed by atoms with van der Waals surface area (Å²) >= 11 is 0. The van der Waals surface area contributed by atoms with Crippen LogP contribution in [0.25, 0.3) is 0 Å². The van der Waals surface area contributed by atoms with Crippen molar-refractivity contribution >= 4 is 5.82 Å². The minimum Gasteiger partial charge on any atom is -0.378 e. The number of halogens is 1. The van der Waals surface area contributed by atoms with E-state index < -0.39 is 0 Å². The Kier molecular flexibility index (Phi) is 3.66. The van der Waals surface area contributed by atoms with Gasteiger partial charge >= 0.3 is 0 Å². The normalized spacial score (nSPS) is 16.5. The third kappa shape index (κ3) is 2.47. The van der Waals surface area contributed by atoms with Crippen LogP contribution in [0.15, 0.2) is 6.20 Å². The van der Waals surface area contributed by atoms with E-state index >= 15 is 0 Å². The van der Waals surface area contributed by atoms with Gasteiger partial charge in [-0.2, -0.15) is 0 Å². The summed E-state index contributed by atoms with van der Waals surface area (Å²) in [6, 6.07) is 0. The summed E-state index contributed by atoms with van der Waals surface area (Å²) < 4.78 is 18.8. The van der Waals surface area contributed by atoms with Crippen LogP contribution in [0.4, 0.5) is 10.2 Å². The summed E-state index contributed by atoms with van der Waals surface area (Å²) in [7, 11) is 0. The molecular formula is C11H16FN3O. The van der Waals surface area contributed by atoms with Crippen LogP contribution in [0.3, 0.4) is 0 Å². The first-order chi connectivity index (χ1) is 7.81. The third-order valence-electron chi connectivity index (χ3n) is 2.56. The van der Waals surface area contributed by atoms with Gasteiger partial charge in [-0.3, -0.25) is 0 Å². The van der Waals surface area contributed by atoms with Crippen molar-refractivity contribution in [3.63, 3.8) is 0 Å². The molecule has 1 fully saturated rings. The number of hydrogen-bond acceptors (Lipinski definition) is 4. The van der Waals surface area contributed by atoms with E-state index in [-0.39, 0.29) is 5.82 Å². The van der Waals surface area contributed by atoms with Crippen molar-refractivity contribution in [2.75, 3.05) is 31.2 Å². The Bertz CT molecular complexity index is 353. The van der Waals surface area contributed by atoms with Crippen molar-refractivity contribution in [3.05, 3.63) is 17.8 Å². The molecule has 1 aliphatic heterocycles. The number of anilines is 1. The maximum atomic E-state index is 13.6. The third-order valence-corrected chi connectivity index (χ3v) is 2.56. The smallest absolute Gasteiger partial charge is 0.183 e. The second-order valence-corrected chi connectivity index (χ2v) is 3.81. The Morgan fingerprint density at radius 1 is 1.44 bits per heavy atom. The van der Waals surface area contributed by atoms with Gasteiger partial charge in [-0.05, 0) is 6.42 Å². The molecular weight excluding hydrogens is 209 g/mol. The molecule has 0 atom stereocenters. The predicted octanol–water partition coefficient (Wildman–Crippen LogP) is 1.40. The lowest BCUT2D eigenvalue weighted by molar-refractivity contribution is 0.122. The van der Waals surface area contributed by atoms with E-state index in [1.165, 1.54) is 6.20 Å². The highest BCUT2D eigenvalue weighted by molar-refractivity contribution is 5.39. The highest BCUT2D eigenvalue weighted by Gasteiger charge is 2.17. The maximum Gasteiger partial charge on any atom is 0.183 e. The molecule has 0 bridgehead atoms. The molecule has 88 valence electrons. The number of nitrogens with zero attached hydrogens (tertiary/aromatic N) is 3. The lowest BCUT2D eigenvalue weighted by atomic mass is 10.3. The molecule has 16 heavy (non-hydrogen) atoms. The van der Waals surface area contributed by atoms with Gasteiger partial charge in [0.05, 0.1) is 19.4 Å². The predicted molar refractivity (Wildman–Crippen MR) is 59.0 cm³/mol. The quantitative estimate of drug-likeness (QED) is 0.779. The van der Waals surface area contributed by atoms with E-state index in [9.17, 15) is 4.39 Å². The highest BCUT2D eigenvalue weighted by Crippen LogP contribution is 2.17. The molecule has 2 rings (SSSR count). The Hall–Kier alpha value is -1.23. The first-order valence-corrected chi connectivity index (χ1v) is 5.65. The zero-order valence-electron chi connectivity index (χ0n) is 9.45. The molecule has 0 unspecified atom stereocenters. The molecule has 1 aromatic heterocycles. The molecule has 0 aliphatic carbocycles. The molecule has 0 radical (unpaired) electrons. The van der Waals surface area contributed by atoms with Crippen LogP contribution in [-0.4, -0.2) is 36.3 Å². The molecule has 1 aromatic rings. The number of aryl methyl sites for hydroxylation is 1. The molecule has 5 heteroatoms. The Labute approximate surface area is 94.5 Å². The highest BCUT2D eigenvalue weighted by atomic mass is 19.1. The van der Waals surface area contributed by atoms with Crippen molar-refractivity contribution in [2.24, 2.45) is 0 Å². The molecule has 0 spiro atoms. The maximum absolute atomic E-state index is 13.6. The number of rotatable bonds is 3. The van der Waals surface area contributed by atoms with Crippen LogP contribution in [0.2, 0.25) is 0 Å². The second kappa shape index (κ2) is 5.21. The van der Waals surface area contributed by atoms with Crippen LogP contribution in [0.5, 0.6) is 0 Å². The standard InChI is InChI=1S/C11H16FN3O/c1-2-3-10-13-8-9(12)11(14-10)15-4-6-16-7-5-15/h8H,2-7H2,1H3. The molecule has 0 N–H and O–H groups in total. The van der Waals surface area contributed by atoms with Gasteiger partial charge < -0.3 is 9.64 Å².